The van der Waals surface area contributed by atoms with E-state index in [1.165, 1.54) is 16.1 Å². The summed E-state index contributed by atoms with van der Waals surface area (Å²) in [7, 11) is -3.37. The number of aromatic nitrogens is 1. The average molecular weight is 921 g/mol. The number of ketones is 1. The van der Waals surface area contributed by atoms with E-state index in [9.17, 15) is 18.6 Å². The number of benzene rings is 4. The maximum absolute atomic E-state index is 14.4. The quantitative estimate of drug-likeness (QED) is 0.0360. The van der Waals surface area contributed by atoms with Gasteiger partial charge in [-0.25, -0.2) is 8.99 Å². The molecule has 5 aromatic rings. The highest BCUT2D eigenvalue weighted by molar-refractivity contribution is 9.10. The van der Waals surface area contributed by atoms with Gasteiger partial charge in [0, 0.05) is 76.3 Å². The number of Topliss-reactive ketones (excluding diaryl/α,β-unsaturated/α-hetero) is 1. The van der Waals surface area contributed by atoms with Crippen molar-refractivity contribution in [3.63, 3.8) is 0 Å². The molecule has 326 valence electrons. The maximum Gasteiger partial charge on any atom is 0.251 e. The molecule has 1 fully saturated rings. The van der Waals surface area contributed by atoms with Gasteiger partial charge in [0.1, 0.15) is 15.7 Å². The van der Waals surface area contributed by atoms with E-state index in [1.54, 1.807) is 24.4 Å². The lowest BCUT2D eigenvalue weighted by molar-refractivity contribution is -0.122. The Bertz CT molecular complexity index is 2400. The van der Waals surface area contributed by atoms with E-state index in [4.69, 9.17) is 10.5 Å². The fourth-order valence-corrected chi connectivity index (χ4v) is 9.02. The van der Waals surface area contributed by atoms with Crippen molar-refractivity contribution in [2.75, 3.05) is 16.3 Å². The predicted molar refractivity (Wildman–Crippen MR) is 252 cm³/mol. The highest BCUT2D eigenvalue weighted by Gasteiger charge is 2.39. The number of hydrogen-bond donors (Lipinski definition) is 5. The summed E-state index contributed by atoms with van der Waals surface area (Å²) in [6, 6.07) is 34.9. The van der Waals surface area contributed by atoms with Crippen molar-refractivity contribution in [1.82, 2.24) is 20.9 Å². The molecular formula is C49H58BrN7O4S. The Morgan fingerprint density at radius 3 is 2.11 bits per heavy atom. The molecule has 7 atom stereocenters. The van der Waals surface area contributed by atoms with E-state index in [0.29, 0.717) is 37.3 Å². The first kappa shape index (κ1) is 46.1. The fourth-order valence-electron chi connectivity index (χ4n) is 7.85. The Morgan fingerprint density at radius 1 is 0.839 bits per heavy atom. The molecule has 2 amide bonds. The lowest BCUT2D eigenvalue weighted by atomic mass is 9.91. The molecule has 6 rings (SSSR count). The number of amides is 2. The van der Waals surface area contributed by atoms with Gasteiger partial charge in [-0.1, -0.05) is 90.4 Å². The number of pyridine rings is 1. The molecule has 1 saturated heterocycles. The minimum atomic E-state index is -3.37. The van der Waals surface area contributed by atoms with Gasteiger partial charge in [0.25, 0.3) is 11.8 Å². The third kappa shape index (κ3) is 13.3. The van der Waals surface area contributed by atoms with Gasteiger partial charge in [0.2, 0.25) is 0 Å². The first-order chi connectivity index (χ1) is 29.6. The number of carbonyl (C=O) groups is 3. The van der Waals surface area contributed by atoms with E-state index in [-0.39, 0.29) is 53.5 Å². The third-order valence-electron chi connectivity index (χ3n) is 11.6. The number of anilines is 2. The zero-order chi connectivity index (χ0) is 44.4. The molecular weight excluding hydrogens is 863 g/mol. The second kappa shape index (κ2) is 21.1. The number of carbonyl (C=O) groups excluding carboxylic acids is 3. The summed E-state index contributed by atoms with van der Waals surface area (Å²) in [5, 5.41) is 9.84. The highest BCUT2D eigenvalue weighted by atomic mass is 79.9. The molecule has 0 radical (unpaired) electrons. The van der Waals surface area contributed by atoms with Crippen LogP contribution in [-0.4, -0.2) is 51.2 Å². The van der Waals surface area contributed by atoms with Crippen LogP contribution in [0.2, 0.25) is 0 Å². The lowest BCUT2D eigenvalue weighted by Crippen LogP contribution is -2.38. The number of nitrogen functional groups attached to an aromatic ring is 1. The summed E-state index contributed by atoms with van der Waals surface area (Å²) in [5.74, 6) is -0.327. The van der Waals surface area contributed by atoms with E-state index in [2.05, 4.69) is 55.9 Å². The van der Waals surface area contributed by atoms with Gasteiger partial charge in [-0.15, -0.1) is 0 Å². The number of hydrogen-bond acceptors (Lipinski definition) is 8. The molecule has 1 aliphatic heterocycles. The van der Waals surface area contributed by atoms with Crippen molar-refractivity contribution >= 4 is 54.8 Å². The standard InChI is InChI=1S/C49H58BrN7O4S/c1-32(36-18-22-41(51)23-19-36)11-10-15-47(58)33(2)25-45-46(56-45)30-43(29-42-14-8-9-24-53-42)55-49(60)39-26-38(48(59)54-34(3)37-16-20-40(50)21-17-37)27-44(28-39)57(62(4,52)61)31-35-12-6-5-7-13-35/h5-9,12-14,16-24,26-28,32-34,43,45-46,52,56H,10-11,15,25,29-31,51H2,1-4H3,(H,54,59)(H,55,60)/t32-,33+,34+,43-,45?,46?,62?/m0/s1. The average Bonchev–Trinajstić information content (AvgIpc) is 3.99. The number of nitrogens with one attached hydrogen (secondary N) is 4. The number of nitrogens with two attached hydrogens (primary N) is 1. The van der Waals surface area contributed by atoms with Crippen molar-refractivity contribution < 1.29 is 18.6 Å². The summed E-state index contributed by atoms with van der Waals surface area (Å²) < 4.78 is 24.6. The van der Waals surface area contributed by atoms with Crippen LogP contribution in [0.3, 0.4) is 0 Å². The van der Waals surface area contributed by atoms with Gasteiger partial charge < -0.3 is 21.7 Å². The molecule has 11 nitrogen and oxygen atoms in total. The Hall–Kier alpha value is -5.37. The van der Waals surface area contributed by atoms with Gasteiger partial charge in [-0.05, 0) is 110 Å². The van der Waals surface area contributed by atoms with Crippen LogP contribution < -0.4 is 26.0 Å². The van der Waals surface area contributed by atoms with E-state index in [0.717, 1.165) is 39.8 Å². The molecule has 1 aliphatic rings. The summed E-state index contributed by atoms with van der Waals surface area (Å²) >= 11 is 3.46. The minimum Gasteiger partial charge on any atom is -0.399 e. The van der Waals surface area contributed by atoms with Gasteiger partial charge in [-0.3, -0.25) is 23.7 Å². The molecule has 13 heteroatoms. The van der Waals surface area contributed by atoms with E-state index in [1.807, 2.05) is 98.8 Å². The second-order valence-electron chi connectivity index (χ2n) is 16.7. The van der Waals surface area contributed by atoms with Crippen LogP contribution in [0.4, 0.5) is 11.4 Å². The fraction of sp³-hybridized carbons (Fsp3) is 0.347. The highest BCUT2D eigenvalue weighted by Crippen LogP contribution is 2.29. The van der Waals surface area contributed by atoms with Gasteiger partial charge >= 0.3 is 0 Å². The van der Waals surface area contributed by atoms with Gasteiger partial charge in [0.05, 0.1) is 18.3 Å². The molecule has 4 aromatic carbocycles. The summed E-state index contributed by atoms with van der Waals surface area (Å²) in [6.07, 6.45) is 7.11. The van der Waals surface area contributed by atoms with Crippen LogP contribution in [-0.2, 0) is 27.7 Å². The van der Waals surface area contributed by atoms with Crippen LogP contribution in [0.25, 0.3) is 0 Å². The van der Waals surface area contributed by atoms with Gasteiger partial charge in [0.15, 0.2) is 0 Å². The summed E-state index contributed by atoms with van der Waals surface area (Å²) in [4.78, 5) is 46.1. The Kier molecular flexibility index (Phi) is 15.7. The second-order valence-corrected chi connectivity index (χ2v) is 19.7. The molecule has 0 bridgehead atoms. The van der Waals surface area contributed by atoms with Gasteiger partial charge in [-0.2, -0.15) is 0 Å². The van der Waals surface area contributed by atoms with E-state index < -0.39 is 21.7 Å². The summed E-state index contributed by atoms with van der Waals surface area (Å²) in [5.41, 5.74) is 11.1. The van der Waals surface area contributed by atoms with Crippen molar-refractivity contribution in [3.05, 3.63) is 159 Å². The largest absolute Gasteiger partial charge is 0.399 e. The van der Waals surface area contributed by atoms with E-state index >= 15 is 0 Å². The van der Waals surface area contributed by atoms with Crippen LogP contribution in [0, 0.1) is 10.7 Å². The molecule has 6 N–H and O–H groups in total. The topological polar surface area (TPSA) is 180 Å². The summed E-state index contributed by atoms with van der Waals surface area (Å²) in [6.45, 7) is 6.19. The molecule has 62 heavy (non-hydrogen) atoms. The maximum atomic E-state index is 14.4. The third-order valence-corrected chi connectivity index (χ3v) is 13.3. The molecule has 2 heterocycles. The number of halogens is 1. The van der Waals surface area contributed by atoms with Crippen molar-refractivity contribution in [1.29, 1.82) is 4.78 Å². The van der Waals surface area contributed by atoms with Crippen LogP contribution in [0.15, 0.2) is 126 Å². The molecule has 0 saturated carbocycles. The number of nitrogens with zero attached hydrogens (tertiary/aromatic N) is 2. The van der Waals surface area contributed by atoms with Crippen molar-refractivity contribution in [2.24, 2.45) is 5.92 Å². The van der Waals surface area contributed by atoms with Crippen molar-refractivity contribution in [3.8, 4) is 0 Å². The Morgan fingerprint density at radius 2 is 1.47 bits per heavy atom. The molecule has 3 unspecified atom stereocenters. The smallest absolute Gasteiger partial charge is 0.251 e. The zero-order valence-electron chi connectivity index (χ0n) is 35.9. The molecule has 0 spiro atoms. The first-order valence-corrected chi connectivity index (χ1v) is 24.0. The molecule has 0 aliphatic carbocycles. The monoisotopic (exact) mass is 919 g/mol. The first-order valence-electron chi connectivity index (χ1n) is 21.2. The normalized spacial score (nSPS) is 17.4. The zero-order valence-corrected chi connectivity index (χ0v) is 38.3. The SMILES string of the molecule is C[C@H](CC1NC1C[C@H](Cc1ccccn1)NC(=O)c1cc(C(=O)N[C@H](C)c2ccc(Br)cc2)cc(N(Cc2ccccc2)S(C)(=N)=O)c1)C(=O)CCC[C@H](C)c1ccc(N)cc1. The van der Waals surface area contributed by atoms with Crippen molar-refractivity contribution in [2.45, 2.75) is 95.9 Å². The van der Waals surface area contributed by atoms with Crippen LogP contribution in [0.1, 0.15) is 108 Å². The molecule has 1 aromatic heterocycles. The van der Waals surface area contributed by atoms with Crippen LogP contribution >= 0.6 is 15.9 Å². The Labute approximate surface area is 374 Å². The number of rotatable bonds is 21. The minimum absolute atomic E-state index is 0.0898. The Balaban J connectivity index is 1.17. The van der Waals surface area contributed by atoms with Crippen LogP contribution in [0.5, 0.6) is 0 Å². The predicted octanol–water partition coefficient (Wildman–Crippen LogP) is 9.16. The lowest BCUT2D eigenvalue weighted by Gasteiger charge is -2.26.